The molecule has 0 bridgehead atoms. The van der Waals surface area contributed by atoms with E-state index in [1.807, 2.05) is 24.5 Å². The van der Waals surface area contributed by atoms with Gasteiger partial charge in [0, 0.05) is 50.8 Å². The molecule has 0 atom stereocenters. The van der Waals surface area contributed by atoms with E-state index in [0.717, 1.165) is 13.0 Å². The summed E-state index contributed by atoms with van der Waals surface area (Å²) in [7, 11) is 0. The Morgan fingerprint density at radius 3 is 2.60 bits per heavy atom. The van der Waals surface area contributed by atoms with Gasteiger partial charge >= 0.3 is 0 Å². The summed E-state index contributed by atoms with van der Waals surface area (Å²) in [4.78, 5) is 19.7. The zero-order valence-electron chi connectivity index (χ0n) is 11.3. The van der Waals surface area contributed by atoms with Gasteiger partial charge in [0.25, 0.3) is 0 Å². The topological polar surface area (TPSA) is 71.8 Å². The highest BCUT2D eigenvalue weighted by Crippen LogP contribution is 1.97. The van der Waals surface area contributed by atoms with Gasteiger partial charge in [-0.15, -0.1) is 0 Å². The Labute approximate surface area is 118 Å². The molecule has 2 aromatic rings. The summed E-state index contributed by atoms with van der Waals surface area (Å²) in [6.07, 6.45) is 8.74. The predicted octanol–water partition coefficient (Wildman–Crippen LogP) is 1.29. The van der Waals surface area contributed by atoms with Crippen molar-refractivity contribution >= 4 is 11.9 Å². The van der Waals surface area contributed by atoms with Crippen molar-refractivity contribution in [2.24, 2.45) is 0 Å². The highest BCUT2D eigenvalue weighted by atomic mass is 16.1. The van der Waals surface area contributed by atoms with Crippen molar-refractivity contribution < 1.29 is 4.79 Å². The fraction of sp³-hybridized carbons (Fsp3) is 0.357. The third-order valence-electron chi connectivity index (χ3n) is 2.78. The van der Waals surface area contributed by atoms with E-state index in [9.17, 15) is 4.79 Å². The molecule has 2 heterocycles. The van der Waals surface area contributed by atoms with Gasteiger partial charge in [-0.1, -0.05) is 0 Å². The van der Waals surface area contributed by atoms with E-state index in [1.165, 1.54) is 0 Å². The van der Waals surface area contributed by atoms with Crippen LogP contribution in [0.3, 0.4) is 0 Å². The van der Waals surface area contributed by atoms with E-state index in [2.05, 4.69) is 25.2 Å². The third kappa shape index (κ3) is 5.09. The Morgan fingerprint density at radius 2 is 1.85 bits per heavy atom. The molecule has 6 heteroatoms. The molecule has 0 aliphatic rings. The smallest absolute Gasteiger partial charge is 0.222 e. The lowest BCUT2D eigenvalue weighted by Crippen LogP contribution is -2.29. The number of anilines is 1. The molecule has 0 saturated carbocycles. The van der Waals surface area contributed by atoms with Crippen LogP contribution < -0.4 is 10.6 Å². The first-order valence-electron chi connectivity index (χ1n) is 6.73. The fourth-order valence-corrected chi connectivity index (χ4v) is 1.80. The molecule has 0 spiro atoms. The number of amides is 1. The Morgan fingerprint density at radius 1 is 1.10 bits per heavy atom. The first kappa shape index (κ1) is 14.0. The number of nitrogens with zero attached hydrogens (tertiary/aromatic N) is 3. The average molecular weight is 273 g/mol. The van der Waals surface area contributed by atoms with Crippen LogP contribution in [0.15, 0.2) is 43.0 Å². The van der Waals surface area contributed by atoms with Crippen LogP contribution in [0.1, 0.15) is 12.8 Å². The maximum absolute atomic E-state index is 11.6. The van der Waals surface area contributed by atoms with Gasteiger partial charge in [-0.25, -0.2) is 9.97 Å². The van der Waals surface area contributed by atoms with Crippen LogP contribution in [-0.4, -0.2) is 33.5 Å². The lowest BCUT2D eigenvalue weighted by atomic mass is 10.3. The maximum Gasteiger partial charge on any atom is 0.222 e. The second-order valence-electron chi connectivity index (χ2n) is 4.37. The Kier molecular flexibility index (Phi) is 5.57. The molecule has 2 aromatic heterocycles. The quantitative estimate of drug-likeness (QED) is 0.711. The number of hydrogen-bond acceptors (Lipinski definition) is 4. The maximum atomic E-state index is 11.6. The second kappa shape index (κ2) is 7.93. The van der Waals surface area contributed by atoms with Crippen molar-refractivity contribution in [3.05, 3.63) is 43.0 Å². The van der Waals surface area contributed by atoms with Gasteiger partial charge in [0.1, 0.15) is 0 Å². The summed E-state index contributed by atoms with van der Waals surface area (Å²) in [6.45, 7) is 2.06. The Hall–Kier alpha value is -2.37. The number of rotatable bonds is 8. The Balaban J connectivity index is 1.52. The zero-order chi connectivity index (χ0) is 14.0. The van der Waals surface area contributed by atoms with Gasteiger partial charge < -0.3 is 15.2 Å². The van der Waals surface area contributed by atoms with Crippen molar-refractivity contribution in [2.45, 2.75) is 19.4 Å². The van der Waals surface area contributed by atoms with E-state index in [-0.39, 0.29) is 5.91 Å². The third-order valence-corrected chi connectivity index (χ3v) is 2.78. The molecule has 0 unspecified atom stereocenters. The molecule has 106 valence electrons. The molecule has 0 fully saturated rings. The number of carbonyl (C=O) groups excluding carboxylic acids is 1. The number of nitrogens with one attached hydrogen (secondary N) is 2. The van der Waals surface area contributed by atoms with Crippen molar-refractivity contribution in [3.63, 3.8) is 0 Å². The molecule has 0 saturated heterocycles. The lowest BCUT2D eigenvalue weighted by molar-refractivity contribution is -0.121. The molecule has 2 N–H and O–H groups in total. The van der Waals surface area contributed by atoms with Crippen molar-refractivity contribution in [1.29, 1.82) is 0 Å². The van der Waals surface area contributed by atoms with E-state index in [0.29, 0.717) is 25.5 Å². The van der Waals surface area contributed by atoms with Crippen LogP contribution >= 0.6 is 0 Å². The largest absolute Gasteiger partial charge is 0.354 e. The van der Waals surface area contributed by atoms with Gasteiger partial charge in [-0.05, 0) is 24.6 Å². The fourth-order valence-electron chi connectivity index (χ4n) is 1.80. The minimum atomic E-state index is 0.0768. The minimum Gasteiger partial charge on any atom is -0.354 e. The lowest BCUT2D eigenvalue weighted by Gasteiger charge is -2.07. The van der Waals surface area contributed by atoms with Gasteiger partial charge in [0.05, 0.1) is 0 Å². The van der Waals surface area contributed by atoms with Crippen molar-refractivity contribution in [1.82, 2.24) is 19.9 Å². The predicted molar refractivity (Wildman–Crippen MR) is 77.2 cm³/mol. The molecule has 1 amide bonds. The number of aryl methyl sites for hydroxylation is 1. The standard InChI is InChI=1S/C14H19N5O/c20-13(5-3-12-19-10-1-2-11-19)15-8-9-18-14-16-6-4-7-17-14/h1-2,4,6-7,10-11H,3,5,8-9,12H2,(H,15,20)(H,16,17,18). The van der Waals surface area contributed by atoms with Crippen LogP contribution in [0.25, 0.3) is 0 Å². The van der Waals surface area contributed by atoms with E-state index < -0.39 is 0 Å². The molecule has 2 rings (SSSR count). The molecule has 0 aliphatic carbocycles. The van der Waals surface area contributed by atoms with Crippen LogP contribution in [0.4, 0.5) is 5.95 Å². The van der Waals surface area contributed by atoms with E-state index in [4.69, 9.17) is 0 Å². The van der Waals surface area contributed by atoms with Crippen LogP contribution in [0.5, 0.6) is 0 Å². The summed E-state index contributed by atoms with van der Waals surface area (Å²) in [5, 5.41) is 5.90. The van der Waals surface area contributed by atoms with Gasteiger partial charge in [-0.3, -0.25) is 4.79 Å². The summed E-state index contributed by atoms with van der Waals surface area (Å²) >= 11 is 0. The minimum absolute atomic E-state index is 0.0768. The number of hydrogen-bond donors (Lipinski definition) is 2. The van der Waals surface area contributed by atoms with E-state index >= 15 is 0 Å². The van der Waals surface area contributed by atoms with Crippen LogP contribution in [-0.2, 0) is 11.3 Å². The van der Waals surface area contributed by atoms with Crippen LogP contribution in [0.2, 0.25) is 0 Å². The summed E-state index contributed by atoms with van der Waals surface area (Å²) < 4.78 is 2.07. The molecular formula is C14H19N5O. The summed E-state index contributed by atoms with van der Waals surface area (Å²) in [6, 6.07) is 5.73. The van der Waals surface area contributed by atoms with Crippen LogP contribution in [0, 0.1) is 0 Å². The SMILES string of the molecule is O=C(CCCn1cccc1)NCCNc1ncccn1. The molecule has 0 aliphatic heterocycles. The Bertz CT molecular complexity index is 498. The highest BCUT2D eigenvalue weighted by Gasteiger charge is 2.00. The van der Waals surface area contributed by atoms with Gasteiger partial charge in [0.15, 0.2) is 0 Å². The number of aromatic nitrogens is 3. The monoisotopic (exact) mass is 273 g/mol. The van der Waals surface area contributed by atoms with Crippen molar-refractivity contribution in [2.75, 3.05) is 18.4 Å². The zero-order valence-corrected chi connectivity index (χ0v) is 11.3. The molecule has 6 nitrogen and oxygen atoms in total. The van der Waals surface area contributed by atoms with Gasteiger partial charge in [0.2, 0.25) is 11.9 Å². The number of carbonyl (C=O) groups is 1. The highest BCUT2D eigenvalue weighted by molar-refractivity contribution is 5.75. The average Bonchev–Trinajstić information content (AvgIpc) is 2.98. The molecule has 0 aromatic carbocycles. The molecule has 0 radical (unpaired) electrons. The first-order valence-corrected chi connectivity index (χ1v) is 6.73. The van der Waals surface area contributed by atoms with E-state index in [1.54, 1.807) is 18.5 Å². The summed E-state index contributed by atoms with van der Waals surface area (Å²) in [5.41, 5.74) is 0. The van der Waals surface area contributed by atoms with Crippen molar-refractivity contribution in [3.8, 4) is 0 Å². The second-order valence-corrected chi connectivity index (χ2v) is 4.37. The molecular weight excluding hydrogens is 254 g/mol. The molecule has 20 heavy (non-hydrogen) atoms. The van der Waals surface area contributed by atoms with Gasteiger partial charge in [-0.2, -0.15) is 0 Å². The summed E-state index contributed by atoms with van der Waals surface area (Å²) in [5.74, 6) is 0.655. The normalized spacial score (nSPS) is 10.2. The first-order chi connectivity index (χ1) is 9.84.